The lowest BCUT2D eigenvalue weighted by Crippen LogP contribution is -2.45. The van der Waals surface area contributed by atoms with Gasteiger partial charge in [0.25, 0.3) is 0 Å². The molecule has 0 radical (unpaired) electrons. The van der Waals surface area contributed by atoms with Crippen LogP contribution in [0.5, 0.6) is 0 Å². The summed E-state index contributed by atoms with van der Waals surface area (Å²) < 4.78 is 0. The standard InChI is InChI=1S/C11H22N2O2S2/c1-11(15,8-16-2)7-13-10(14)5-9-6-17-4-3-12-9/h9,12,15H,3-8H2,1-2H3,(H,13,14). The molecule has 0 aliphatic carbocycles. The first-order chi connectivity index (χ1) is 8.03. The molecule has 0 aromatic rings. The Kier molecular flexibility index (Phi) is 6.69. The highest BCUT2D eigenvalue weighted by molar-refractivity contribution is 7.99. The molecule has 2 atom stereocenters. The summed E-state index contributed by atoms with van der Waals surface area (Å²) in [5.74, 6) is 2.77. The molecule has 1 amide bonds. The lowest BCUT2D eigenvalue weighted by molar-refractivity contribution is -0.122. The Hall–Kier alpha value is 0.0900. The van der Waals surface area contributed by atoms with Crippen molar-refractivity contribution < 1.29 is 9.90 Å². The predicted molar refractivity (Wildman–Crippen MR) is 75.7 cm³/mol. The molecule has 1 rings (SSSR count). The van der Waals surface area contributed by atoms with Crippen molar-refractivity contribution in [3.05, 3.63) is 0 Å². The van der Waals surface area contributed by atoms with E-state index in [1.807, 2.05) is 18.0 Å². The predicted octanol–water partition coefficient (Wildman–Crippen LogP) is 0.312. The van der Waals surface area contributed by atoms with Gasteiger partial charge in [0.15, 0.2) is 0 Å². The third-order valence-corrected chi connectivity index (χ3v) is 4.59. The van der Waals surface area contributed by atoms with Crippen LogP contribution in [-0.2, 0) is 4.79 Å². The van der Waals surface area contributed by atoms with E-state index in [1.165, 1.54) is 0 Å². The van der Waals surface area contributed by atoms with Crippen molar-refractivity contribution in [1.29, 1.82) is 0 Å². The lowest BCUT2D eigenvalue weighted by Gasteiger charge is -2.25. The second-order valence-electron chi connectivity index (χ2n) is 4.64. The Bertz CT molecular complexity index is 244. The van der Waals surface area contributed by atoms with Crippen LogP contribution in [0, 0.1) is 0 Å². The van der Waals surface area contributed by atoms with Crippen molar-refractivity contribution in [2.45, 2.75) is 25.0 Å². The molecule has 0 bridgehead atoms. The van der Waals surface area contributed by atoms with Crippen molar-refractivity contribution in [3.8, 4) is 0 Å². The molecule has 1 aliphatic heterocycles. The minimum atomic E-state index is -0.816. The number of hydrogen-bond donors (Lipinski definition) is 3. The van der Waals surface area contributed by atoms with Gasteiger partial charge in [-0.1, -0.05) is 0 Å². The number of carbonyl (C=O) groups is 1. The van der Waals surface area contributed by atoms with Gasteiger partial charge in [-0.25, -0.2) is 0 Å². The molecule has 0 saturated carbocycles. The molecule has 0 aromatic carbocycles. The average molecular weight is 278 g/mol. The van der Waals surface area contributed by atoms with Crippen LogP contribution in [-0.4, -0.2) is 59.3 Å². The Morgan fingerprint density at radius 1 is 1.71 bits per heavy atom. The maximum atomic E-state index is 11.7. The van der Waals surface area contributed by atoms with E-state index in [0.717, 1.165) is 18.1 Å². The summed E-state index contributed by atoms with van der Waals surface area (Å²) in [7, 11) is 0. The van der Waals surface area contributed by atoms with E-state index in [1.54, 1.807) is 18.7 Å². The fraction of sp³-hybridized carbons (Fsp3) is 0.909. The van der Waals surface area contributed by atoms with Crippen LogP contribution in [0.1, 0.15) is 13.3 Å². The van der Waals surface area contributed by atoms with Crippen LogP contribution < -0.4 is 10.6 Å². The number of thioether (sulfide) groups is 2. The molecule has 0 spiro atoms. The third kappa shape index (κ3) is 6.55. The quantitative estimate of drug-likeness (QED) is 0.653. The first-order valence-corrected chi connectivity index (χ1v) is 8.37. The third-order valence-electron chi connectivity index (χ3n) is 2.55. The molecular weight excluding hydrogens is 256 g/mol. The van der Waals surface area contributed by atoms with Crippen molar-refractivity contribution in [3.63, 3.8) is 0 Å². The summed E-state index contributed by atoms with van der Waals surface area (Å²) in [5.41, 5.74) is -0.816. The summed E-state index contributed by atoms with van der Waals surface area (Å²) in [5, 5.41) is 16.0. The summed E-state index contributed by atoms with van der Waals surface area (Å²) in [6, 6.07) is 0.277. The summed E-state index contributed by atoms with van der Waals surface area (Å²) in [6.07, 6.45) is 2.45. The van der Waals surface area contributed by atoms with E-state index in [-0.39, 0.29) is 11.9 Å². The zero-order chi connectivity index (χ0) is 12.7. The van der Waals surface area contributed by atoms with Gasteiger partial charge in [-0.2, -0.15) is 23.5 Å². The molecule has 1 saturated heterocycles. The summed E-state index contributed by atoms with van der Waals surface area (Å²) >= 11 is 3.46. The number of rotatable bonds is 6. The molecule has 100 valence electrons. The summed E-state index contributed by atoms with van der Waals surface area (Å²) in [4.78, 5) is 11.7. The first kappa shape index (κ1) is 15.1. The Balaban J connectivity index is 2.20. The molecule has 3 N–H and O–H groups in total. The van der Waals surface area contributed by atoms with Gasteiger partial charge in [0.1, 0.15) is 0 Å². The number of nitrogens with one attached hydrogen (secondary N) is 2. The minimum Gasteiger partial charge on any atom is -0.387 e. The van der Waals surface area contributed by atoms with Crippen LogP contribution in [0.4, 0.5) is 0 Å². The highest BCUT2D eigenvalue weighted by Gasteiger charge is 2.22. The van der Waals surface area contributed by atoms with Crippen molar-refractivity contribution >= 4 is 29.4 Å². The molecule has 0 aromatic heterocycles. The Labute approximate surface area is 112 Å². The van der Waals surface area contributed by atoms with E-state index in [4.69, 9.17) is 0 Å². The average Bonchev–Trinajstić information content (AvgIpc) is 2.28. The lowest BCUT2D eigenvalue weighted by atomic mass is 10.1. The van der Waals surface area contributed by atoms with Gasteiger partial charge in [-0.05, 0) is 13.2 Å². The number of amides is 1. The van der Waals surface area contributed by atoms with Crippen molar-refractivity contribution in [2.24, 2.45) is 0 Å². The van der Waals surface area contributed by atoms with Gasteiger partial charge in [-0.3, -0.25) is 4.79 Å². The van der Waals surface area contributed by atoms with E-state index >= 15 is 0 Å². The normalized spacial score (nSPS) is 24.1. The van der Waals surface area contributed by atoms with Gasteiger partial charge in [-0.15, -0.1) is 0 Å². The van der Waals surface area contributed by atoms with Crippen LogP contribution in [0.3, 0.4) is 0 Å². The smallest absolute Gasteiger partial charge is 0.221 e. The topological polar surface area (TPSA) is 61.4 Å². The molecule has 6 heteroatoms. The maximum absolute atomic E-state index is 11.7. The van der Waals surface area contributed by atoms with Gasteiger partial charge < -0.3 is 15.7 Å². The fourth-order valence-electron chi connectivity index (χ4n) is 1.70. The van der Waals surface area contributed by atoms with Crippen LogP contribution in [0.2, 0.25) is 0 Å². The summed E-state index contributed by atoms with van der Waals surface area (Å²) in [6.45, 7) is 3.05. The van der Waals surface area contributed by atoms with Crippen LogP contribution in [0.15, 0.2) is 0 Å². The SMILES string of the molecule is CSCC(C)(O)CNC(=O)CC1CSCCN1. The monoisotopic (exact) mass is 278 g/mol. The highest BCUT2D eigenvalue weighted by atomic mass is 32.2. The number of hydrogen-bond acceptors (Lipinski definition) is 5. The van der Waals surface area contributed by atoms with Crippen LogP contribution >= 0.6 is 23.5 Å². The second-order valence-corrected chi connectivity index (χ2v) is 6.65. The van der Waals surface area contributed by atoms with Crippen molar-refractivity contribution in [1.82, 2.24) is 10.6 Å². The van der Waals surface area contributed by atoms with Crippen molar-refractivity contribution in [2.75, 3.05) is 36.6 Å². The molecular formula is C11H22N2O2S2. The van der Waals surface area contributed by atoms with Crippen LogP contribution in [0.25, 0.3) is 0 Å². The van der Waals surface area contributed by atoms with Gasteiger partial charge in [0.05, 0.1) is 5.60 Å². The molecule has 1 fully saturated rings. The molecule has 1 aliphatic rings. The van der Waals surface area contributed by atoms with E-state index in [9.17, 15) is 9.90 Å². The first-order valence-electron chi connectivity index (χ1n) is 5.82. The zero-order valence-electron chi connectivity index (χ0n) is 10.5. The minimum absolute atomic E-state index is 0.0198. The zero-order valence-corrected chi connectivity index (χ0v) is 12.1. The van der Waals surface area contributed by atoms with Gasteiger partial charge in [0, 0.05) is 42.8 Å². The second kappa shape index (κ2) is 7.51. The van der Waals surface area contributed by atoms with E-state index in [0.29, 0.717) is 18.7 Å². The number of carbonyl (C=O) groups excluding carboxylic acids is 1. The Morgan fingerprint density at radius 2 is 2.47 bits per heavy atom. The molecule has 1 heterocycles. The molecule has 4 nitrogen and oxygen atoms in total. The van der Waals surface area contributed by atoms with Gasteiger partial charge >= 0.3 is 0 Å². The van der Waals surface area contributed by atoms with E-state index in [2.05, 4.69) is 10.6 Å². The largest absolute Gasteiger partial charge is 0.387 e. The van der Waals surface area contributed by atoms with Gasteiger partial charge in [0.2, 0.25) is 5.91 Å². The maximum Gasteiger partial charge on any atom is 0.221 e. The molecule has 17 heavy (non-hydrogen) atoms. The number of aliphatic hydroxyl groups is 1. The molecule has 2 unspecified atom stereocenters. The van der Waals surface area contributed by atoms with E-state index < -0.39 is 5.60 Å². The Morgan fingerprint density at radius 3 is 3.06 bits per heavy atom. The highest BCUT2D eigenvalue weighted by Crippen LogP contribution is 2.11. The fourth-order valence-corrected chi connectivity index (χ4v) is 3.37.